The molecule has 0 spiro atoms. The Labute approximate surface area is 99.3 Å². The van der Waals surface area contributed by atoms with Crippen molar-refractivity contribution in [1.82, 2.24) is 5.32 Å². The van der Waals surface area contributed by atoms with Gasteiger partial charge in [-0.1, -0.05) is 6.07 Å². The van der Waals surface area contributed by atoms with Crippen molar-refractivity contribution in [3.05, 3.63) is 33.9 Å². The molecule has 0 amide bonds. The van der Waals surface area contributed by atoms with Crippen LogP contribution >= 0.6 is 0 Å². The fourth-order valence-corrected chi connectivity index (χ4v) is 2.91. The Bertz CT molecular complexity index is 412. The van der Waals surface area contributed by atoms with Crippen LogP contribution in [0.1, 0.15) is 47.6 Å². The van der Waals surface area contributed by atoms with Gasteiger partial charge in [-0.05, 0) is 81.8 Å². The molecule has 0 bridgehead atoms. The van der Waals surface area contributed by atoms with Crippen molar-refractivity contribution < 1.29 is 0 Å². The molecule has 1 fully saturated rings. The maximum Gasteiger partial charge on any atom is 0.0409 e. The summed E-state index contributed by atoms with van der Waals surface area (Å²) in [6.45, 7) is 12.5. The summed E-state index contributed by atoms with van der Waals surface area (Å²) in [7, 11) is 0. The van der Waals surface area contributed by atoms with Crippen LogP contribution in [0.2, 0.25) is 0 Å². The van der Waals surface area contributed by atoms with E-state index in [1.54, 1.807) is 0 Å². The van der Waals surface area contributed by atoms with Crippen LogP contribution in [0.5, 0.6) is 0 Å². The third kappa shape index (κ3) is 1.67. The minimum atomic E-state index is 0.202. The SMILES string of the molecule is Cc1cc(C2(C)CCCN2)c(C)c(C)c1C. The molecule has 0 aliphatic carbocycles. The molecule has 0 saturated carbocycles. The fraction of sp³-hybridized carbons (Fsp3) is 0.600. The van der Waals surface area contributed by atoms with Crippen LogP contribution in [-0.4, -0.2) is 6.54 Å². The molecule has 1 aliphatic heterocycles. The minimum absolute atomic E-state index is 0.202. The van der Waals surface area contributed by atoms with Crippen molar-refractivity contribution in [2.75, 3.05) is 6.54 Å². The molecule has 1 atom stereocenters. The third-order valence-corrected chi connectivity index (χ3v) is 4.44. The van der Waals surface area contributed by atoms with Crippen LogP contribution < -0.4 is 5.32 Å². The highest BCUT2D eigenvalue weighted by Gasteiger charge is 2.31. The minimum Gasteiger partial charge on any atom is -0.308 e. The number of aryl methyl sites for hydroxylation is 1. The lowest BCUT2D eigenvalue weighted by atomic mass is 9.83. The second-order valence-electron chi connectivity index (χ2n) is 5.48. The third-order valence-electron chi connectivity index (χ3n) is 4.44. The molecule has 2 rings (SSSR count). The molecule has 1 heterocycles. The molecule has 1 unspecified atom stereocenters. The van der Waals surface area contributed by atoms with Gasteiger partial charge in [0.25, 0.3) is 0 Å². The Morgan fingerprint density at radius 2 is 1.75 bits per heavy atom. The van der Waals surface area contributed by atoms with Crippen LogP contribution in [-0.2, 0) is 5.54 Å². The second kappa shape index (κ2) is 3.89. The first kappa shape index (κ1) is 11.7. The van der Waals surface area contributed by atoms with Gasteiger partial charge < -0.3 is 5.32 Å². The molecule has 1 heteroatoms. The number of hydrogen-bond acceptors (Lipinski definition) is 1. The lowest BCUT2D eigenvalue weighted by Crippen LogP contribution is -2.34. The van der Waals surface area contributed by atoms with Crippen molar-refractivity contribution in [1.29, 1.82) is 0 Å². The Morgan fingerprint density at radius 1 is 1.06 bits per heavy atom. The van der Waals surface area contributed by atoms with E-state index in [0.29, 0.717) is 0 Å². The van der Waals surface area contributed by atoms with Crippen LogP contribution in [0.4, 0.5) is 0 Å². The predicted octanol–water partition coefficient (Wildman–Crippen LogP) is 3.52. The Morgan fingerprint density at radius 3 is 2.31 bits per heavy atom. The van der Waals surface area contributed by atoms with Gasteiger partial charge in [-0.25, -0.2) is 0 Å². The van der Waals surface area contributed by atoms with Crippen LogP contribution in [0, 0.1) is 27.7 Å². The molecule has 1 saturated heterocycles. The number of benzene rings is 1. The lowest BCUT2D eigenvalue weighted by Gasteiger charge is -2.29. The van der Waals surface area contributed by atoms with Gasteiger partial charge in [0, 0.05) is 5.54 Å². The monoisotopic (exact) mass is 217 g/mol. The highest BCUT2D eigenvalue weighted by Crippen LogP contribution is 2.35. The quantitative estimate of drug-likeness (QED) is 0.759. The molecule has 88 valence electrons. The maximum atomic E-state index is 3.66. The molecule has 1 aromatic carbocycles. The normalized spacial score (nSPS) is 25.1. The van der Waals surface area contributed by atoms with Crippen molar-refractivity contribution in [2.45, 2.75) is 53.0 Å². The molecular formula is C15H23N. The molecule has 0 radical (unpaired) electrons. The summed E-state index contributed by atoms with van der Waals surface area (Å²) in [5, 5.41) is 3.66. The van der Waals surface area contributed by atoms with Crippen molar-refractivity contribution >= 4 is 0 Å². The molecule has 1 nitrogen and oxygen atoms in total. The van der Waals surface area contributed by atoms with E-state index in [4.69, 9.17) is 0 Å². The van der Waals surface area contributed by atoms with E-state index in [1.165, 1.54) is 40.7 Å². The zero-order valence-electron chi connectivity index (χ0n) is 11.2. The van der Waals surface area contributed by atoms with Gasteiger partial charge in [0.1, 0.15) is 0 Å². The second-order valence-corrected chi connectivity index (χ2v) is 5.48. The maximum absolute atomic E-state index is 3.66. The average molecular weight is 217 g/mol. The van der Waals surface area contributed by atoms with Crippen LogP contribution in [0.3, 0.4) is 0 Å². The highest BCUT2D eigenvalue weighted by molar-refractivity contribution is 5.46. The average Bonchev–Trinajstić information content (AvgIpc) is 2.68. The van der Waals surface area contributed by atoms with Gasteiger partial charge >= 0.3 is 0 Å². The zero-order chi connectivity index (χ0) is 11.9. The number of rotatable bonds is 1. The first-order valence-electron chi connectivity index (χ1n) is 6.28. The number of nitrogens with one attached hydrogen (secondary N) is 1. The predicted molar refractivity (Wildman–Crippen MR) is 70.0 cm³/mol. The molecular weight excluding hydrogens is 194 g/mol. The summed E-state index contributed by atoms with van der Waals surface area (Å²) in [6.07, 6.45) is 2.55. The summed E-state index contributed by atoms with van der Waals surface area (Å²) < 4.78 is 0. The van der Waals surface area contributed by atoms with Gasteiger partial charge in [0.05, 0.1) is 0 Å². The topological polar surface area (TPSA) is 12.0 Å². The Balaban J connectivity index is 2.57. The fourth-order valence-electron chi connectivity index (χ4n) is 2.91. The van der Waals surface area contributed by atoms with E-state index in [2.05, 4.69) is 46.0 Å². The lowest BCUT2D eigenvalue weighted by molar-refractivity contribution is 0.431. The van der Waals surface area contributed by atoms with Gasteiger partial charge in [-0.2, -0.15) is 0 Å². The molecule has 1 aromatic rings. The standard InChI is InChI=1S/C15H23N/c1-10-9-14(13(4)12(3)11(10)2)15(5)7-6-8-16-15/h9,16H,6-8H2,1-5H3. The highest BCUT2D eigenvalue weighted by atomic mass is 15.0. The van der Waals surface area contributed by atoms with E-state index < -0.39 is 0 Å². The van der Waals surface area contributed by atoms with Crippen molar-refractivity contribution in [3.63, 3.8) is 0 Å². The van der Waals surface area contributed by atoms with E-state index in [9.17, 15) is 0 Å². The van der Waals surface area contributed by atoms with E-state index >= 15 is 0 Å². The molecule has 1 aliphatic rings. The summed E-state index contributed by atoms with van der Waals surface area (Å²) in [6, 6.07) is 2.38. The van der Waals surface area contributed by atoms with Gasteiger partial charge in [0.15, 0.2) is 0 Å². The zero-order valence-corrected chi connectivity index (χ0v) is 11.2. The van der Waals surface area contributed by atoms with E-state index in [-0.39, 0.29) is 5.54 Å². The first-order valence-corrected chi connectivity index (χ1v) is 6.28. The molecule has 1 N–H and O–H groups in total. The van der Waals surface area contributed by atoms with Crippen molar-refractivity contribution in [3.8, 4) is 0 Å². The van der Waals surface area contributed by atoms with E-state index in [1.807, 2.05) is 0 Å². The summed E-state index contributed by atoms with van der Waals surface area (Å²) in [5.74, 6) is 0. The first-order chi connectivity index (χ1) is 7.46. The van der Waals surface area contributed by atoms with E-state index in [0.717, 1.165) is 6.54 Å². The summed E-state index contributed by atoms with van der Waals surface area (Å²) in [4.78, 5) is 0. The van der Waals surface area contributed by atoms with Crippen LogP contribution in [0.25, 0.3) is 0 Å². The smallest absolute Gasteiger partial charge is 0.0409 e. The Kier molecular flexibility index (Phi) is 2.83. The Hall–Kier alpha value is -0.820. The van der Waals surface area contributed by atoms with Gasteiger partial charge in [-0.3, -0.25) is 0 Å². The van der Waals surface area contributed by atoms with Gasteiger partial charge in [0.2, 0.25) is 0 Å². The molecule has 16 heavy (non-hydrogen) atoms. The summed E-state index contributed by atoms with van der Waals surface area (Å²) >= 11 is 0. The summed E-state index contributed by atoms with van der Waals surface area (Å²) in [5.41, 5.74) is 7.51. The van der Waals surface area contributed by atoms with Crippen molar-refractivity contribution in [2.24, 2.45) is 0 Å². The largest absolute Gasteiger partial charge is 0.308 e. The van der Waals surface area contributed by atoms with Gasteiger partial charge in [-0.15, -0.1) is 0 Å². The van der Waals surface area contributed by atoms with Crippen LogP contribution in [0.15, 0.2) is 6.07 Å². The molecule has 0 aromatic heterocycles. The number of hydrogen-bond donors (Lipinski definition) is 1.